The summed E-state index contributed by atoms with van der Waals surface area (Å²) in [5.41, 5.74) is 5.86. The van der Waals surface area contributed by atoms with Crippen LogP contribution >= 0.6 is 34.5 Å². The number of anilines is 1. The van der Waals surface area contributed by atoms with E-state index >= 15 is 0 Å². The van der Waals surface area contributed by atoms with E-state index in [4.69, 9.17) is 28.9 Å². The molecule has 2 aromatic rings. The van der Waals surface area contributed by atoms with Crippen molar-refractivity contribution >= 4 is 45.6 Å². The summed E-state index contributed by atoms with van der Waals surface area (Å²) in [6, 6.07) is 4.79. The van der Waals surface area contributed by atoms with E-state index in [1.54, 1.807) is 18.2 Å². The molecule has 1 amide bonds. The maximum Gasteiger partial charge on any atom is 0.252 e. The second-order valence-corrected chi connectivity index (χ2v) is 5.95. The second-order valence-electron chi connectivity index (χ2n) is 4.02. The predicted octanol–water partition coefficient (Wildman–Crippen LogP) is 2.79. The molecule has 106 valence electrons. The van der Waals surface area contributed by atoms with Gasteiger partial charge in [-0.3, -0.25) is 4.79 Å². The smallest absolute Gasteiger partial charge is 0.252 e. The van der Waals surface area contributed by atoms with Gasteiger partial charge in [-0.25, -0.2) is 0 Å². The number of carbonyl (C=O) groups is 1. The third-order valence-electron chi connectivity index (χ3n) is 2.51. The van der Waals surface area contributed by atoms with Crippen molar-refractivity contribution in [3.63, 3.8) is 0 Å². The van der Waals surface area contributed by atoms with Crippen molar-refractivity contribution in [1.82, 2.24) is 15.5 Å². The maximum absolute atomic E-state index is 11.9. The third-order valence-corrected chi connectivity index (χ3v) is 3.89. The Morgan fingerprint density at radius 3 is 2.85 bits per heavy atom. The number of aromatic nitrogens is 2. The molecule has 3 N–H and O–H groups in total. The third kappa shape index (κ3) is 4.06. The molecule has 5 nitrogen and oxygen atoms in total. The zero-order valence-corrected chi connectivity index (χ0v) is 12.7. The van der Waals surface area contributed by atoms with Gasteiger partial charge in [0.1, 0.15) is 5.01 Å². The molecule has 1 aromatic carbocycles. The second kappa shape index (κ2) is 6.88. The van der Waals surface area contributed by atoms with E-state index in [1.807, 2.05) is 0 Å². The fraction of sp³-hybridized carbons (Fsp3) is 0.250. The molecule has 0 radical (unpaired) electrons. The fourth-order valence-corrected chi connectivity index (χ4v) is 2.60. The summed E-state index contributed by atoms with van der Waals surface area (Å²) in [7, 11) is 0. The molecule has 0 bridgehead atoms. The van der Waals surface area contributed by atoms with E-state index in [1.165, 1.54) is 11.3 Å². The van der Waals surface area contributed by atoms with E-state index in [9.17, 15) is 4.79 Å². The number of aryl methyl sites for hydroxylation is 1. The Hall–Kier alpha value is -1.37. The van der Waals surface area contributed by atoms with Crippen molar-refractivity contribution < 1.29 is 4.79 Å². The largest absolute Gasteiger partial charge is 0.374 e. The van der Waals surface area contributed by atoms with Crippen molar-refractivity contribution in [2.75, 3.05) is 12.3 Å². The molecule has 0 unspecified atom stereocenters. The van der Waals surface area contributed by atoms with Crippen LogP contribution in [0.15, 0.2) is 18.2 Å². The number of carbonyl (C=O) groups excluding carboxylic acids is 1. The molecule has 0 saturated carbocycles. The molecule has 0 spiro atoms. The van der Waals surface area contributed by atoms with Gasteiger partial charge in [0.2, 0.25) is 5.13 Å². The lowest BCUT2D eigenvalue weighted by Crippen LogP contribution is -2.25. The number of amides is 1. The summed E-state index contributed by atoms with van der Waals surface area (Å²) in [5.74, 6) is -0.241. The van der Waals surface area contributed by atoms with E-state index in [2.05, 4.69) is 15.5 Å². The van der Waals surface area contributed by atoms with Crippen LogP contribution in [0.1, 0.15) is 21.8 Å². The van der Waals surface area contributed by atoms with Gasteiger partial charge in [0.15, 0.2) is 0 Å². The average Bonchev–Trinajstić information content (AvgIpc) is 2.83. The van der Waals surface area contributed by atoms with Crippen molar-refractivity contribution in [2.45, 2.75) is 12.8 Å². The molecule has 2 rings (SSSR count). The quantitative estimate of drug-likeness (QED) is 0.826. The molecule has 1 heterocycles. The lowest BCUT2D eigenvalue weighted by atomic mass is 10.2. The van der Waals surface area contributed by atoms with Crippen LogP contribution in [0, 0.1) is 0 Å². The lowest BCUT2D eigenvalue weighted by molar-refractivity contribution is 0.0953. The van der Waals surface area contributed by atoms with E-state index < -0.39 is 0 Å². The Kier molecular flexibility index (Phi) is 5.17. The van der Waals surface area contributed by atoms with Crippen LogP contribution in [0.25, 0.3) is 0 Å². The fourth-order valence-electron chi connectivity index (χ4n) is 1.58. The molecule has 0 aliphatic rings. The average molecular weight is 331 g/mol. The Balaban J connectivity index is 1.82. The van der Waals surface area contributed by atoms with Crippen LogP contribution < -0.4 is 11.1 Å². The van der Waals surface area contributed by atoms with Gasteiger partial charge >= 0.3 is 0 Å². The monoisotopic (exact) mass is 330 g/mol. The Morgan fingerprint density at radius 1 is 1.35 bits per heavy atom. The van der Waals surface area contributed by atoms with Crippen LogP contribution in [0.2, 0.25) is 10.0 Å². The molecule has 1 aromatic heterocycles. The van der Waals surface area contributed by atoms with Gasteiger partial charge in [-0.15, -0.1) is 10.2 Å². The zero-order chi connectivity index (χ0) is 14.5. The highest BCUT2D eigenvalue weighted by Crippen LogP contribution is 2.20. The van der Waals surface area contributed by atoms with Gasteiger partial charge in [-0.05, 0) is 24.6 Å². The SMILES string of the molecule is Nc1nnc(CCCNC(=O)c2cc(Cl)ccc2Cl)s1. The number of nitrogens with zero attached hydrogens (tertiary/aromatic N) is 2. The molecular weight excluding hydrogens is 319 g/mol. The lowest BCUT2D eigenvalue weighted by Gasteiger charge is -2.06. The van der Waals surface area contributed by atoms with Gasteiger partial charge in [0, 0.05) is 18.0 Å². The highest BCUT2D eigenvalue weighted by atomic mass is 35.5. The number of rotatable bonds is 5. The van der Waals surface area contributed by atoms with Gasteiger partial charge < -0.3 is 11.1 Å². The van der Waals surface area contributed by atoms with Gasteiger partial charge in [-0.2, -0.15) is 0 Å². The van der Waals surface area contributed by atoms with Crippen molar-refractivity contribution in [3.8, 4) is 0 Å². The van der Waals surface area contributed by atoms with Crippen molar-refractivity contribution in [2.24, 2.45) is 0 Å². The Morgan fingerprint density at radius 2 is 2.15 bits per heavy atom. The standard InChI is InChI=1S/C12H12Cl2N4OS/c13-7-3-4-9(14)8(6-7)11(19)16-5-1-2-10-17-18-12(15)20-10/h3-4,6H,1-2,5H2,(H2,15,18)(H,16,19). The Labute approximate surface area is 130 Å². The number of nitrogens with one attached hydrogen (secondary N) is 1. The number of halogens is 2. The molecule has 0 atom stereocenters. The number of hydrogen-bond acceptors (Lipinski definition) is 5. The number of hydrogen-bond donors (Lipinski definition) is 2. The van der Waals surface area contributed by atoms with Crippen LogP contribution in [0.4, 0.5) is 5.13 Å². The van der Waals surface area contributed by atoms with Gasteiger partial charge in [0.05, 0.1) is 10.6 Å². The minimum atomic E-state index is -0.241. The highest BCUT2D eigenvalue weighted by molar-refractivity contribution is 7.15. The van der Waals surface area contributed by atoms with Crippen LogP contribution in [0.5, 0.6) is 0 Å². The topological polar surface area (TPSA) is 80.9 Å². The van der Waals surface area contributed by atoms with Crippen LogP contribution in [-0.2, 0) is 6.42 Å². The zero-order valence-electron chi connectivity index (χ0n) is 10.4. The highest BCUT2D eigenvalue weighted by Gasteiger charge is 2.10. The van der Waals surface area contributed by atoms with Crippen molar-refractivity contribution in [1.29, 1.82) is 0 Å². The summed E-state index contributed by atoms with van der Waals surface area (Å²) in [4.78, 5) is 11.9. The van der Waals surface area contributed by atoms with Gasteiger partial charge in [-0.1, -0.05) is 34.5 Å². The molecule has 0 fully saturated rings. The number of benzene rings is 1. The maximum atomic E-state index is 11.9. The van der Waals surface area contributed by atoms with Crippen molar-refractivity contribution in [3.05, 3.63) is 38.8 Å². The summed E-state index contributed by atoms with van der Waals surface area (Å²) >= 11 is 13.1. The summed E-state index contributed by atoms with van der Waals surface area (Å²) in [6.45, 7) is 0.515. The summed E-state index contributed by atoms with van der Waals surface area (Å²) in [5, 5.41) is 12.6. The number of nitrogen functional groups attached to an aromatic ring is 1. The molecular formula is C12H12Cl2N4OS. The molecule has 0 aliphatic carbocycles. The summed E-state index contributed by atoms with van der Waals surface area (Å²) in [6.07, 6.45) is 1.47. The number of nitrogens with two attached hydrogens (primary N) is 1. The first-order valence-corrected chi connectivity index (χ1v) is 7.44. The van der Waals surface area contributed by atoms with E-state index in [0.29, 0.717) is 27.3 Å². The normalized spacial score (nSPS) is 10.5. The van der Waals surface area contributed by atoms with E-state index in [0.717, 1.165) is 17.8 Å². The van der Waals surface area contributed by atoms with Gasteiger partial charge in [0.25, 0.3) is 5.91 Å². The van der Waals surface area contributed by atoms with Crippen LogP contribution in [-0.4, -0.2) is 22.6 Å². The Bertz CT molecular complexity index is 617. The summed E-state index contributed by atoms with van der Waals surface area (Å²) < 4.78 is 0. The molecule has 0 aliphatic heterocycles. The first kappa shape index (κ1) is 15.0. The predicted molar refractivity (Wildman–Crippen MR) is 81.4 cm³/mol. The molecule has 20 heavy (non-hydrogen) atoms. The molecule has 0 saturated heterocycles. The first-order chi connectivity index (χ1) is 9.56. The molecule has 8 heteroatoms. The van der Waals surface area contributed by atoms with E-state index in [-0.39, 0.29) is 5.91 Å². The minimum absolute atomic E-state index is 0.241. The minimum Gasteiger partial charge on any atom is -0.374 e. The van der Waals surface area contributed by atoms with Crippen LogP contribution in [0.3, 0.4) is 0 Å². The first-order valence-electron chi connectivity index (χ1n) is 5.87.